The Hall–Kier alpha value is -3.48. The van der Waals surface area contributed by atoms with Crippen molar-refractivity contribution in [2.45, 2.75) is 13.5 Å². The van der Waals surface area contributed by atoms with Crippen LogP contribution in [-0.2, 0) is 6.54 Å². The van der Waals surface area contributed by atoms with Gasteiger partial charge >= 0.3 is 0 Å². The van der Waals surface area contributed by atoms with E-state index in [-0.39, 0.29) is 23.7 Å². The lowest BCUT2D eigenvalue weighted by Crippen LogP contribution is -2.29. The number of carbonyl (C=O) groups excluding carboxylic acids is 1. The number of carbonyl (C=O) groups is 1. The Bertz CT molecular complexity index is 1050. The van der Waals surface area contributed by atoms with Gasteiger partial charge in [0.2, 0.25) is 0 Å². The molecule has 1 aromatic heterocycles. The van der Waals surface area contributed by atoms with Crippen molar-refractivity contribution in [2.75, 3.05) is 7.05 Å². The molecular weight excluding hydrogens is 334 g/mol. The molecule has 0 aliphatic heterocycles. The molecule has 0 radical (unpaired) electrons. The average Bonchev–Trinajstić information content (AvgIpc) is 2.62. The summed E-state index contributed by atoms with van der Waals surface area (Å²) in [4.78, 5) is 39.2. The molecule has 1 amide bonds. The molecule has 7 heteroatoms. The number of pyridine rings is 1. The minimum atomic E-state index is -0.519. The number of H-pyrrole nitrogens is 1. The van der Waals surface area contributed by atoms with Crippen molar-refractivity contribution >= 4 is 22.5 Å². The number of hydrogen-bond donors (Lipinski definition) is 1. The Morgan fingerprint density at radius 3 is 2.50 bits per heavy atom. The Kier molecular flexibility index (Phi) is 4.53. The molecular formula is C19H17N3O4. The van der Waals surface area contributed by atoms with E-state index in [1.54, 1.807) is 13.1 Å². The molecule has 0 spiro atoms. The van der Waals surface area contributed by atoms with Gasteiger partial charge in [0, 0.05) is 35.8 Å². The smallest absolute Gasteiger partial charge is 0.269 e. The normalized spacial score (nSPS) is 10.7. The summed E-state index contributed by atoms with van der Waals surface area (Å²) in [7, 11) is 1.59. The number of aromatic nitrogens is 1. The molecule has 0 aliphatic rings. The van der Waals surface area contributed by atoms with Crippen LogP contribution in [0.15, 0.2) is 53.3 Å². The molecule has 0 atom stereocenters. The lowest BCUT2D eigenvalue weighted by molar-refractivity contribution is -0.384. The Morgan fingerprint density at radius 1 is 1.15 bits per heavy atom. The molecule has 7 nitrogen and oxygen atoms in total. The van der Waals surface area contributed by atoms with E-state index >= 15 is 0 Å². The summed E-state index contributed by atoms with van der Waals surface area (Å²) < 4.78 is 0. The molecule has 2 aromatic carbocycles. The first-order chi connectivity index (χ1) is 12.3. The summed E-state index contributed by atoms with van der Waals surface area (Å²) in [5, 5.41) is 11.6. The van der Waals surface area contributed by atoms with Crippen LogP contribution in [0.1, 0.15) is 21.5 Å². The molecule has 0 fully saturated rings. The largest absolute Gasteiger partial charge is 0.337 e. The fourth-order valence-electron chi connectivity index (χ4n) is 2.76. The predicted molar refractivity (Wildman–Crippen MR) is 98.2 cm³/mol. The molecule has 3 rings (SSSR count). The van der Waals surface area contributed by atoms with Crippen molar-refractivity contribution in [3.63, 3.8) is 0 Å². The predicted octanol–water partition coefficient (Wildman–Crippen LogP) is 3.02. The number of benzene rings is 2. The summed E-state index contributed by atoms with van der Waals surface area (Å²) >= 11 is 0. The van der Waals surface area contributed by atoms with Crippen molar-refractivity contribution in [2.24, 2.45) is 0 Å². The monoisotopic (exact) mass is 351 g/mol. The maximum atomic E-state index is 12.5. The molecule has 26 heavy (non-hydrogen) atoms. The molecule has 1 N–H and O–H groups in total. The number of aromatic amines is 1. The minimum Gasteiger partial charge on any atom is -0.337 e. The van der Waals surface area contributed by atoms with E-state index in [9.17, 15) is 19.7 Å². The number of nitrogens with one attached hydrogen (secondary N) is 1. The first kappa shape index (κ1) is 17.3. The first-order valence-corrected chi connectivity index (χ1v) is 7.97. The van der Waals surface area contributed by atoms with E-state index in [2.05, 4.69) is 4.98 Å². The van der Waals surface area contributed by atoms with E-state index in [4.69, 9.17) is 0 Å². The summed E-state index contributed by atoms with van der Waals surface area (Å²) in [6, 6.07) is 12.9. The molecule has 0 unspecified atom stereocenters. The number of fused-ring (bicyclic) bond motifs is 1. The number of rotatable bonds is 4. The first-order valence-electron chi connectivity index (χ1n) is 7.97. The second kappa shape index (κ2) is 6.79. The lowest BCUT2D eigenvalue weighted by Gasteiger charge is -2.17. The van der Waals surface area contributed by atoms with Gasteiger partial charge in [0.25, 0.3) is 17.2 Å². The highest BCUT2D eigenvalue weighted by Crippen LogP contribution is 2.16. The number of nitrogens with zero attached hydrogens (tertiary/aromatic N) is 2. The summed E-state index contributed by atoms with van der Waals surface area (Å²) in [5.74, 6) is -0.316. The Morgan fingerprint density at radius 2 is 1.85 bits per heavy atom. The van der Waals surface area contributed by atoms with Gasteiger partial charge in [-0.25, -0.2) is 0 Å². The van der Waals surface area contributed by atoms with Crippen molar-refractivity contribution in [3.8, 4) is 0 Å². The summed E-state index contributed by atoms with van der Waals surface area (Å²) in [5.41, 5.74) is 2.29. The van der Waals surface area contributed by atoms with Crippen LogP contribution in [0.2, 0.25) is 0 Å². The molecule has 0 aliphatic carbocycles. The topological polar surface area (TPSA) is 96.3 Å². The number of nitro groups is 1. The fraction of sp³-hybridized carbons (Fsp3) is 0.158. The zero-order valence-corrected chi connectivity index (χ0v) is 14.4. The van der Waals surface area contributed by atoms with Crippen LogP contribution in [0.3, 0.4) is 0 Å². The number of aryl methyl sites for hydroxylation is 1. The highest BCUT2D eigenvalue weighted by molar-refractivity contribution is 5.94. The number of hydrogen-bond acceptors (Lipinski definition) is 4. The van der Waals surface area contributed by atoms with Gasteiger partial charge in [-0.2, -0.15) is 0 Å². The molecule has 1 heterocycles. The Labute approximate surface area is 149 Å². The molecule has 0 bridgehead atoms. The van der Waals surface area contributed by atoms with E-state index in [1.165, 1.54) is 29.2 Å². The number of amides is 1. The third-order valence-corrected chi connectivity index (χ3v) is 4.16. The van der Waals surface area contributed by atoms with Gasteiger partial charge in [-0.3, -0.25) is 19.7 Å². The standard InChI is InChI=1S/C19H17N3O4/c1-12-3-8-17-14(9-12)10-15(18(23)20-17)11-21(2)19(24)13-4-6-16(7-5-13)22(25)26/h3-10H,11H2,1-2H3,(H,20,23). The number of non-ortho nitro benzene ring substituents is 1. The zero-order valence-electron chi connectivity index (χ0n) is 14.4. The molecule has 0 saturated heterocycles. The van der Waals surface area contributed by atoms with Crippen molar-refractivity contribution < 1.29 is 9.72 Å². The quantitative estimate of drug-likeness (QED) is 0.577. The fourth-order valence-corrected chi connectivity index (χ4v) is 2.76. The van der Waals surface area contributed by atoms with Crippen LogP contribution < -0.4 is 5.56 Å². The van der Waals surface area contributed by atoms with Gasteiger partial charge in [-0.1, -0.05) is 11.6 Å². The van der Waals surface area contributed by atoms with E-state index in [1.807, 2.05) is 25.1 Å². The average molecular weight is 351 g/mol. The van der Waals surface area contributed by atoms with E-state index in [0.717, 1.165) is 16.5 Å². The number of nitro benzene ring substituents is 1. The SMILES string of the molecule is Cc1ccc2[nH]c(=O)c(CN(C)C(=O)c3ccc([N+](=O)[O-])cc3)cc2c1. The van der Waals surface area contributed by atoms with Gasteiger partial charge < -0.3 is 9.88 Å². The second-order valence-corrected chi connectivity index (χ2v) is 6.18. The molecule has 132 valence electrons. The van der Waals surface area contributed by atoms with Crippen LogP contribution in [0.4, 0.5) is 5.69 Å². The summed E-state index contributed by atoms with van der Waals surface area (Å²) in [6.45, 7) is 2.10. The highest BCUT2D eigenvalue weighted by atomic mass is 16.6. The van der Waals surface area contributed by atoms with Gasteiger partial charge in [0.05, 0.1) is 11.5 Å². The van der Waals surface area contributed by atoms with Gasteiger partial charge in [-0.05, 0) is 42.6 Å². The maximum Gasteiger partial charge on any atom is 0.269 e. The van der Waals surface area contributed by atoms with Crippen molar-refractivity contribution in [1.29, 1.82) is 0 Å². The van der Waals surface area contributed by atoms with Crippen LogP contribution in [0.25, 0.3) is 10.9 Å². The van der Waals surface area contributed by atoms with Crippen LogP contribution in [0.5, 0.6) is 0 Å². The lowest BCUT2D eigenvalue weighted by atomic mass is 10.1. The van der Waals surface area contributed by atoms with E-state index < -0.39 is 4.92 Å². The maximum absolute atomic E-state index is 12.5. The zero-order chi connectivity index (χ0) is 18.8. The Balaban J connectivity index is 1.84. The van der Waals surface area contributed by atoms with Crippen molar-refractivity contribution in [1.82, 2.24) is 9.88 Å². The van der Waals surface area contributed by atoms with E-state index in [0.29, 0.717) is 11.1 Å². The molecule has 0 saturated carbocycles. The van der Waals surface area contributed by atoms with Crippen molar-refractivity contribution in [3.05, 3.63) is 85.7 Å². The van der Waals surface area contributed by atoms with Crippen LogP contribution in [-0.4, -0.2) is 27.8 Å². The molecule has 3 aromatic rings. The van der Waals surface area contributed by atoms with Gasteiger partial charge in [-0.15, -0.1) is 0 Å². The summed E-state index contributed by atoms with van der Waals surface area (Å²) in [6.07, 6.45) is 0. The third-order valence-electron chi connectivity index (χ3n) is 4.16. The van der Waals surface area contributed by atoms with Gasteiger partial charge in [0.15, 0.2) is 0 Å². The van der Waals surface area contributed by atoms with Crippen LogP contribution in [0, 0.1) is 17.0 Å². The van der Waals surface area contributed by atoms with Crippen LogP contribution >= 0.6 is 0 Å². The third kappa shape index (κ3) is 3.46. The highest BCUT2D eigenvalue weighted by Gasteiger charge is 2.15. The minimum absolute atomic E-state index is 0.0782. The van der Waals surface area contributed by atoms with Gasteiger partial charge in [0.1, 0.15) is 0 Å². The second-order valence-electron chi connectivity index (χ2n) is 6.18.